The molecule has 0 spiro atoms. The summed E-state index contributed by atoms with van der Waals surface area (Å²) in [6, 6.07) is 15.0. The molecule has 28 heavy (non-hydrogen) atoms. The number of rotatable bonds is 4. The molecular formula is C21H14Cl2F2N2O. The summed E-state index contributed by atoms with van der Waals surface area (Å²) < 4.78 is 35.4. The first-order valence-electron chi connectivity index (χ1n) is 8.40. The molecule has 142 valence electrons. The number of nitrogens with zero attached hydrogens (tertiary/aromatic N) is 2. The Morgan fingerprint density at radius 1 is 1.00 bits per heavy atom. The van der Waals surface area contributed by atoms with Gasteiger partial charge in [-0.2, -0.15) is 0 Å². The van der Waals surface area contributed by atoms with E-state index in [1.165, 1.54) is 13.2 Å². The Hall–Kier alpha value is -2.63. The molecule has 0 atom stereocenters. The van der Waals surface area contributed by atoms with Crippen molar-refractivity contribution in [3.05, 3.63) is 81.8 Å². The number of hydrogen-bond donors (Lipinski definition) is 0. The maximum Gasteiger partial charge on any atom is 0.186 e. The topological polar surface area (TPSA) is 27.1 Å². The highest BCUT2D eigenvalue weighted by atomic mass is 35.5. The first-order valence-corrected chi connectivity index (χ1v) is 9.16. The van der Waals surface area contributed by atoms with E-state index in [1.807, 2.05) is 18.2 Å². The van der Waals surface area contributed by atoms with E-state index in [4.69, 9.17) is 27.9 Å². The van der Waals surface area contributed by atoms with Gasteiger partial charge in [0.2, 0.25) is 0 Å². The molecule has 0 bridgehead atoms. The van der Waals surface area contributed by atoms with Crippen molar-refractivity contribution in [2.24, 2.45) is 0 Å². The average molecular weight is 419 g/mol. The second kappa shape index (κ2) is 7.41. The lowest BCUT2D eigenvalue weighted by Gasteiger charge is -2.13. The van der Waals surface area contributed by atoms with Gasteiger partial charge in [0.1, 0.15) is 17.1 Å². The van der Waals surface area contributed by atoms with E-state index in [0.29, 0.717) is 39.2 Å². The van der Waals surface area contributed by atoms with Crippen LogP contribution in [0.3, 0.4) is 0 Å². The van der Waals surface area contributed by atoms with Crippen LogP contribution in [0.4, 0.5) is 8.78 Å². The first-order chi connectivity index (χ1) is 13.5. The van der Waals surface area contributed by atoms with Crippen LogP contribution >= 0.6 is 23.2 Å². The maximum absolute atomic E-state index is 14.4. The minimum absolute atomic E-state index is 0.0472. The zero-order valence-corrected chi connectivity index (χ0v) is 16.2. The van der Waals surface area contributed by atoms with Gasteiger partial charge in [0.15, 0.2) is 11.6 Å². The smallest absolute Gasteiger partial charge is 0.186 e. The van der Waals surface area contributed by atoms with Gasteiger partial charge in [-0.1, -0.05) is 35.3 Å². The molecule has 0 saturated carbocycles. The molecule has 0 N–H and O–H groups in total. The summed E-state index contributed by atoms with van der Waals surface area (Å²) in [6.45, 7) is 0.364. The van der Waals surface area contributed by atoms with Gasteiger partial charge in [0, 0.05) is 16.6 Å². The van der Waals surface area contributed by atoms with E-state index in [1.54, 1.807) is 28.8 Å². The fourth-order valence-electron chi connectivity index (χ4n) is 3.17. The summed E-state index contributed by atoms with van der Waals surface area (Å²) in [5.74, 6) is -1.02. The number of ether oxygens (including phenoxy) is 1. The predicted octanol–water partition coefficient (Wildman–Crippen LogP) is 6.35. The summed E-state index contributed by atoms with van der Waals surface area (Å²) in [4.78, 5) is 4.39. The van der Waals surface area contributed by atoms with Crippen molar-refractivity contribution in [3.8, 4) is 17.1 Å². The number of benzene rings is 3. The van der Waals surface area contributed by atoms with E-state index >= 15 is 0 Å². The van der Waals surface area contributed by atoms with E-state index in [0.717, 1.165) is 11.6 Å². The Labute approximate surface area is 170 Å². The zero-order chi connectivity index (χ0) is 19.8. The lowest BCUT2D eigenvalue weighted by molar-refractivity contribution is 0.416. The van der Waals surface area contributed by atoms with Crippen LogP contribution in [0.15, 0.2) is 54.6 Å². The highest BCUT2D eigenvalue weighted by Gasteiger charge is 2.20. The van der Waals surface area contributed by atoms with E-state index in [-0.39, 0.29) is 5.52 Å². The third-order valence-electron chi connectivity index (χ3n) is 4.45. The molecule has 0 fully saturated rings. The van der Waals surface area contributed by atoms with Gasteiger partial charge in [-0.15, -0.1) is 0 Å². The van der Waals surface area contributed by atoms with Gasteiger partial charge in [-0.3, -0.25) is 0 Å². The van der Waals surface area contributed by atoms with Gasteiger partial charge >= 0.3 is 0 Å². The van der Waals surface area contributed by atoms with Crippen molar-refractivity contribution < 1.29 is 13.5 Å². The monoisotopic (exact) mass is 418 g/mol. The van der Waals surface area contributed by atoms with Crippen LogP contribution in [-0.2, 0) is 6.54 Å². The van der Waals surface area contributed by atoms with Crippen LogP contribution in [0.2, 0.25) is 10.0 Å². The summed E-state index contributed by atoms with van der Waals surface area (Å²) in [5.41, 5.74) is 1.93. The maximum atomic E-state index is 14.4. The summed E-state index contributed by atoms with van der Waals surface area (Å²) in [7, 11) is 1.51. The fourth-order valence-corrected chi connectivity index (χ4v) is 3.54. The minimum atomic E-state index is -0.989. The number of imidazole rings is 1. The van der Waals surface area contributed by atoms with E-state index < -0.39 is 11.6 Å². The lowest BCUT2D eigenvalue weighted by Crippen LogP contribution is -2.03. The highest BCUT2D eigenvalue weighted by molar-refractivity contribution is 6.31. The lowest BCUT2D eigenvalue weighted by atomic mass is 10.1. The van der Waals surface area contributed by atoms with Crippen molar-refractivity contribution in [1.29, 1.82) is 0 Å². The van der Waals surface area contributed by atoms with Crippen molar-refractivity contribution in [3.63, 3.8) is 0 Å². The molecule has 7 heteroatoms. The molecule has 0 unspecified atom stereocenters. The Morgan fingerprint density at radius 3 is 2.54 bits per heavy atom. The van der Waals surface area contributed by atoms with Crippen molar-refractivity contribution in [1.82, 2.24) is 9.55 Å². The van der Waals surface area contributed by atoms with Crippen LogP contribution in [0.25, 0.3) is 22.4 Å². The third-order valence-corrected chi connectivity index (χ3v) is 4.92. The molecule has 0 aliphatic carbocycles. The van der Waals surface area contributed by atoms with Crippen LogP contribution in [0.1, 0.15) is 5.56 Å². The van der Waals surface area contributed by atoms with Crippen molar-refractivity contribution >= 4 is 34.2 Å². The van der Waals surface area contributed by atoms with E-state index in [2.05, 4.69) is 4.98 Å². The van der Waals surface area contributed by atoms with Crippen molar-refractivity contribution in [2.75, 3.05) is 7.11 Å². The van der Waals surface area contributed by atoms with Crippen LogP contribution < -0.4 is 4.74 Å². The highest BCUT2D eigenvalue weighted by Crippen LogP contribution is 2.35. The zero-order valence-electron chi connectivity index (χ0n) is 14.7. The van der Waals surface area contributed by atoms with Crippen LogP contribution in [-0.4, -0.2) is 16.7 Å². The van der Waals surface area contributed by atoms with Crippen LogP contribution in [0, 0.1) is 11.6 Å². The van der Waals surface area contributed by atoms with Gasteiger partial charge in [0.25, 0.3) is 0 Å². The molecule has 1 heterocycles. The summed E-state index contributed by atoms with van der Waals surface area (Å²) >= 11 is 12.2. The molecule has 3 nitrogen and oxygen atoms in total. The molecule has 4 rings (SSSR count). The molecule has 0 aliphatic rings. The molecule has 4 aromatic rings. The largest absolute Gasteiger partial charge is 0.496 e. The van der Waals surface area contributed by atoms with Crippen LogP contribution in [0.5, 0.6) is 5.75 Å². The summed E-state index contributed by atoms with van der Waals surface area (Å²) in [6.07, 6.45) is 0. The molecular weight excluding hydrogens is 405 g/mol. The average Bonchev–Trinajstić information content (AvgIpc) is 3.03. The molecule has 0 radical (unpaired) electrons. The normalized spacial score (nSPS) is 11.2. The van der Waals surface area contributed by atoms with E-state index in [9.17, 15) is 8.78 Å². The number of methoxy groups -OCH3 is 1. The van der Waals surface area contributed by atoms with Gasteiger partial charge in [-0.05, 0) is 48.0 Å². The second-order valence-electron chi connectivity index (χ2n) is 6.23. The van der Waals surface area contributed by atoms with Gasteiger partial charge in [-0.25, -0.2) is 13.8 Å². The molecule has 0 aliphatic heterocycles. The number of aromatic nitrogens is 2. The van der Waals surface area contributed by atoms with Gasteiger partial charge in [0.05, 0.1) is 18.2 Å². The Morgan fingerprint density at radius 2 is 1.79 bits per heavy atom. The quantitative estimate of drug-likeness (QED) is 0.386. The van der Waals surface area contributed by atoms with Crippen molar-refractivity contribution in [2.45, 2.75) is 6.54 Å². The Kier molecular flexibility index (Phi) is 4.96. The number of halogens is 4. The number of fused-ring (bicyclic) bond motifs is 1. The third kappa shape index (κ3) is 3.32. The first kappa shape index (κ1) is 18.7. The molecule has 3 aromatic carbocycles. The fraction of sp³-hybridized carbons (Fsp3) is 0.0952. The molecule has 1 aromatic heterocycles. The van der Waals surface area contributed by atoms with Gasteiger partial charge < -0.3 is 9.30 Å². The SMILES string of the molecule is COc1cc(Cl)ccc1-c1nc2c(F)c(F)ccc2n1Cc1cccc(Cl)c1. The second-order valence-corrected chi connectivity index (χ2v) is 7.10. The standard InChI is InChI=1S/C21H14Cl2F2N2O/c1-28-18-10-14(23)5-6-15(18)21-26-20-17(8-7-16(24)19(20)25)27(21)11-12-3-2-4-13(22)9-12/h2-10H,11H2,1H3. The molecule has 0 saturated heterocycles. The number of hydrogen-bond acceptors (Lipinski definition) is 2. The molecule has 0 amide bonds. The Balaban J connectivity index is 1.98. The summed E-state index contributed by atoms with van der Waals surface area (Å²) in [5, 5.41) is 1.08. The minimum Gasteiger partial charge on any atom is -0.496 e. The predicted molar refractivity (Wildman–Crippen MR) is 107 cm³/mol. The Bertz CT molecular complexity index is 1190.